The van der Waals surface area contributed by atoms with Crippen LogP contribution in [0.15, 0.2) is 23.4 Å². The van der Waals surface area contributed by atoms with Gasteiger partial charge in [0.05, 0.1) is 12.7 Å². The van der Waals surface area contributed by atoms with Gasteiger partial charge in [0.2, 0.25) is 0 Å². The number of hydrogen-bond acceptors (Lipinski definition) is 3. The maximum Gasteiger partial charge on any atom is 0.132 e. The molecule has 0 heterocycles. The van der Waals surface area contributed by atoms with Gasteiger partial charge in [-0.3, -0.25) is 0 Å². The van der Waals surface area contributed by atoms with Crippen LogP contribution in [0.25, 0.3) is 0 Å². The van der Waals surface area contributed by atoms with Crippen LogP contribution in [0.2, 0.25) is 0 Å². The van der Waals surface area contributed by atoms with Crippen molar-refractivity contribution in [1.29, 1.82) is 0 Å². The van der Waals surface area contributed by atoms with E-state index in [-0.39, 0.29) is 12.1 Å². The van der Waals surface area contributed by atoms with Crippen LogP contribution in [-0.4, -0.2) is 7.11 Å². The topological polar surface area (TPSA) is 38.7 Å². The highest BCUT2D eigenvalue weighted by Gasteiger charge is 2.07. The normalized spacial score (nSPS) is 9.50. The zero-order valence-electron chi connectivity index (χ0n) is 6.58. The second kappa shape index (κ2) is 3.80. The molecule has 64 valence electrons. The molecule has 0 radical (unpaired) electrons. The van der Waals surface area contributed by atoms with Crippen LogP contribution in [0.5, 0.6) is 5.75 Å². The Morgan fingerprint density at radius 1 is 1.58 bits per heavy atom. The van der Waals surface area contributed by atoms with E-state index in [9.17, 15) is 9.30 Å². The van der Waals surface area contributed by atoms with Crippen molar-refractivity contribution in [2.24, 2.45) is 5.18 Å². The first-order chi connectivity index (χ1) is 5.79. The summed E-state index contributed by atoms with van der Waals surface area (Å²) in [4.78, 5) is 9.92. The van der Waals surface area contributed by atoms with Gasteiger partial charge in [0, 0.05) is 0 Å². The summed E-state index contributed by atoms with van der Waals surface area (Å²) in [7, 11) is 1.42. The summed E-state index contributed by atoms with van der Waals surface area (Å²) >= 11 is 0. The van der Waals surface area contributed by atoms with Crippen LogP contribution in [0.3, 0.4) is 0 Å². The Morgan fingerprint density at radius 2 is 2.33 bits per heavy atom. The van der Waals surface area contributed by atoms with Crippen LogP contribution >= 0.6 is 0 Å². The molecule has 0 atom stereocenters. The van der Waals surface area contributed by atoms with Crippen molar-refractivity contribution in [2.45, 2.75) is 6.54 Å². The fraction of sp³-hybridized carbons (Fsp3) is 0.250. The number of halogens is 1. The number of rotatable bonds is 3. The number of nitrogens with zero attached hydrogens (tertiary/aromatic N) is 1. The lowest BCUT2D eigenvalue weighted by Gasteiger charge is -2.04. The van der Waals surface area contributed by atoms with E-state index in [2.05, 4.69) is 5.18 Å². The zero-order chi connectivity index (χ0) is 8.97. The van der Waals surface area contributed by atoms with Crippen molar-refractivity contribution < 1.29 is 9.13 Å². The number of ether oxygens (including phenoxy) is 1. The van der Waals surface area contributed by atoms with Gasteiger partial charge in [0.25, 0.3) is 0 Å². The molecule has 0 unspecified atom stereocenters. The molecule has 0 N–H and O–H groups in total. The molecule has 0 aromatic heterocycles. The third kappa shape index (κ3) is 1.58. The molecular weight excluding hydrogens is 161 g/mol. The maximum atomic E-state index is 12.9. The second-order valence-corrected chi connectivity index (χ2v) is 2.21. The minimum Gasteiger partial charge on any atom is -0.496 e. The number of benzene rings is 1. The maximum absolute atomic E-state index is 12.9. The molecule has 3 nitrogen and oxygen atoms in total. The molecule has 4 heteroatoms. The highest BCUT2D eigenvalue weighted by molar-refractivity contribution is 5.34. The number of hydrogen-bond donors (Lipinski definition) is 0. The van der Waals surface area contributed by atoms with Crippen molar-refractivity contribution in [3.8, 4) is 5.75 Å². The molecule has 0 fully saturated rings. The third-order valence-electron chi connectivity index (χ3n) is 1.52. The van der Waals surface area contributed by atoms with E-state index in [1.165, 1.54) is 19.2 Å². The van der Waals surface area contributed by atoms with Gasteiger partial charge in [-0.2, -0.15) is 4.91 Å². The monoisotopic (exact) mass is 169 g/mol. The fourth-order valence-electron chi connectivity index (χ4n) is 0.948. The Bertz CT molecular complexity index is 288. The minimum absolute atomic E-state index is 0.199. The first kappa shape index (κ1) is 8.64. The van der Waals surface area contributed by atoms with Crippen LogP contribution < -0.4 is 4.74 Å². The molecule has 1 aromatic carbocycles. The molecule has 0 amide bonds. The van der Waals surface area contributed by atoms with E-state index in [1.807, 2.05) is 0 Å². The largest absolute Gasteiger partial charge is 0.496 e. The standard InChI is InChI=1S/C8H8FNO2/c1-12-8-4-2-3-7(9)6(8)5-10-11/h2-4H,5H2,1H3. The molecule has 0 aliphatic rings. The van der Waals surface area contributed by atoms with Gasteiger partial charge in [-0.25, -0.2) is 4.39 Å². The van der Waals surface area contributed by atoms with Gasteiger partial charge in [-0.1, -0.05) is 11.2 Å². The van der Waals surface area contributed by atoms with Crippen molar-refractivity contribution in [3.63, 3.8) is 0 Å². The zero-order valence-corrected chi connectivity index (χ0v) is 6.58. The molecular formula is C8H8FNO2. The van der Waals surface area contributed by atoms with Crippen molar-refractivity contribution >= 4 is 0 Å². The van der Waals surface area contributed by atoms with E-state index < -0.39 is 5.82 Å². The predicted octanol–water partition coefficient (Wildman–Crippen LogP) is 2.10. The van der Waals surface area contributed by atoms with E-state index in [0.29, 0.717) is 5.75 Å². The molecule has 0 saturated carbocycles. The molecule has 12 heavy (non-hydrogen) atoms. The van der Waals surface area contributed by atoms with E-state index >= 15 is 0 Å². The molecule has 1 aromatic rings. The second-order valence-electron chi connectivity index (χ2n) is 2.21. The predicted molar refractivity (Wildman–Crippen MR) is 42.5 cm³/mol. The van der Waals surface area contributed by atoms with Crippen LogP contribution in [0.1, 0.15) is 5.56 Å². The Labute approximate surface area is 69.1 Å². The van der Waals surface area contributed by atoms with Gasteiger partial charge >= 0.3 is 0 Å². The summed E-state index contributed by atoms with van der Waals surface area (Å²) < 4.78 is 17.8. The highest BCUT2D eigenvalue weighted by atomic mass is 19.1. The lowest BCUT2D eigenvalue weighted by Crippen LogP contribution is -1.93. The highest BCUT2D eigenvalue weighted by Crippen LogP contribution is 2.21. The Balaban J connectivity index is 3.10. The van der Waals surface area contributed by atoms with Gasteiger partial charge < -0.3 is 4.74 Å². The molecule has 0 aliphatic heterocycles. The Kier molecular flexibility index (Phi) is 2.74. The van der Waals surface area contributed by atoms with Crippen molar-refractivity contribution in [3.05, 3.63) is 34.5 Å². The first-order valence-electron chi connectivity index (χ1n) is 3.40. The average Bonchev–Trinajstić information content (AvgIpc) is 2.09. The summed E-state index contributed by atoms with van der Waals surface area (Å²) in [6, 6.07) is 4.37. The summed E-state index contributed by atoms with van der Waals surface area (Å²) in [5, 5.41) is 2.61. The molecule has 0 saturated heterocycles. The van der Waals surface area contributed by atoms with Crippen LogP contribution in [0.4, 0.5) is 4.39 Å². The van der Waals surface area contributed by atoms with E-state index in [4.69, 9.17) is 4.74 Å². The Hall–Kier alpha value is -1.45. The third-order valence-corrected chi connectivity index (χ3v) is 1.52. The van der Waals surface area contributed by atoms with Gasteiger partial charge in [0.1, 0.15) is 18.1 Å². The summed E-state index contributed by atoms with van der Waals surface area (Å²) in [6.45, 7) is -0.199. The number of nitroso groups, excluding NO2 is 1. The van der Waals surface area contributed by atoms with Gasteiger partial charge in [-0.15, -0.1) is 0 Å². The fourth-order valence-corrected chi connectivity index (χ4v) is 0.948. The van der Waals surface area contributed by atoms with Crippen molar-refractivity contribution in [1.82, 2.24) is 0 Å². The molecule has 0 aliphatic carbocycles. The van der Waals surface area contributed by atoms with E-state index in [1.54, 1.807) is 6.07 Å². The summed E-state index contributed by atoms with van der Waals surface area (Å²) in [5.41, 5.74) is 0.204. The summed E-state index contributed by atoms with van der Waals surface area (Å²) in [5.74, 6) is -0.108. The lowest BCUT2D eigenvalue weighted by molar-refractivity contribution is 0.404. The van der Waals surface area contributed by atoms with Crippen LogP contribution in [0, 0.1) is 10.7 Å². The van der Waals surface area contributed by atoms with Gasteiger partial charge in [0.15, 0.2) is 0 Å². The molecule has 1 rings (SSSR count). The van der Waals surface area contributed by atoms with Gasteiger partial charge in [-0.05, 0) is 12.1 Å². The minimum atomic E-state index is -0.464. The quantitative estimate of drug-likeness (QED) is 0.650. The first-order valence-corrected chi connectivity index (χ1v) is 3.40. The smallest absolute Gasteiger partial charge is 0.132 e. The molecule has 0 bridgehead atoms. The SMILES string of the molecule is COc1cccc(F)c1CN=O. The lowest BCUT2D eigenvalue weighted by atomic mass is 10.2. The van der Waals surface area contributed by atoms with Crippen LogP contribution in [-0.2, 0) is 6.54 Å². The Morgan fingerprint density at radius 3 is 2.92 bits per heavy atom. The number of methoxy groups -OCH3 is 1. The summed E-state index contributed by atoms with van der Waals surface area (Å²) in [6.07, 6.45) is 0. The molecule has 0 spiro atoms. The van der Waals surface area contributed by atoms with Crippen molar-refractivity contribution in [2.75, 3.05) is 7.11 Å². The van der Waals surface area contributed by atoms with E-state index in [0.717, 1.165) is 0 Å². The average molecular weight is 169 g/mol.